The van der Waals surface area contributed by atoms with Gasteiger partial charge in [0.1, 0.15) is 5.75 Å². The van der Waals surface area contributed by atoms with Crippen molar-refractivity contribution in [1.82, 2.24) is 5.43 Å². The van der Waals surface area contributed by atoms with Gasteiger partial charge in [0.2, 0.25) is 0 Å². The molecule has 1 aromatic rings. The summed E-state index contributed by atoms with van der Waals surface area (Å²) in [6.07, 6.45) is 2.23. The highest BCUT2D eigenvalue weighted by Gasteiger charge is 2.19. The van der Waals surface area contributed by atoms with Gasteiger partial charge in [0, 0.05) is 6.04 Å². The molecule has 0 saturated carbocycles. The topological polar surface area (TPSA) is 47.3 Å². The highest BCUT2D eigenvalue weighted by molar-refractivity contribution is 5.30. The summed E-state index contributed by atoms with van der Waals surface area (Å²) in [5.74, 6) is 7.16. The Morgan fingerprint density at radius 3 is 2.47 bits per heavy atom. The fourth-order valence-electron chi connectivity index (χ4n) is 2.23. The quantitative estimate of drug-likeness (QED) is 0.565. The average molecular weight is 236 g/mol. The van der Waals surface area contributed by atoms with Crippen LogP contribution in [0.1, 0.15) is 45.2 Å². The summed E-state index contributed by atoms with van der Waals surface area (Å²) in [7, 11) is 0. The molecule has 3 N–H and O–H groups in total. The maximum absolute atomic E-state index is 5.69. The molecule has 1 unspecified atom stereocenters. The summed E-state index contributed by atoms with van der Waals surface area (Å²) in [6.45, 7) is 7.08. The lowest BCUT2D eigenvalue weighted by molar-refractivity contribution is 0.331. The number of rotatable bonds is 7. The second-order valence-corrected chi connectivity index (χ2v) is 4.23. The van der Waals surface area contributed by atoms with Crippen LogP contribution in [0.4, 0.5) is 0 Å². The molecule has 0 aliphatic carbocycles. The molecule has 1 aromatic carbocycles. The van der Waals surface area contributed by atoms with Gasteiger partial charge in [-0.15, -0.1) is 0 Å². The molecule has 0 heterocycles. The fraction of sp³-hybridized carbons (Fsp3) is 0.571. The van der Waals surface area contributed by atoms with E-state index in [0.29, 0.717) is 12.5 Å². The van der Waals surface area contributed by atoms with Gasteiger partial charge in [-0.05, 0) is 30.5 Å². The summed E-state index contributed by atoms with van der Waals surface area (Å²) in [5, 5.41) is 0. The van der Waals surface area contributed by atoms with E-state index in [4.69, 9.17) is 10.6 Å². The molecule has 0 radical (unpaired) electrons. The lowest BCUT2D eigenvalue weighted by Crippen LogP contribution is -2.33. The summed E-state index contributed by atoms with van der Waals surface area (Å²) in [5.41, 5.74) is 4.14. The van der Waals surface area contributed by atoms with Crippen LogP contribution in [-0.4, -0.2) is 6.61 Å². The van der Waals surface area contributed by atoms with Crippen molar-refractivity contribution < 1.29 is 4.74 Å². The highest BCUT2D eigenvalue weighted by atomic mass is 16.5. The van der Waals surface area contributed by atoms with E-state index in [1.54, 1.807) is 0 Å². The third-order valence-electron chi connectivity index (χ3n) is 3.23. The summed E-state index contributed by atoms with van der Waals surface area (Å²) < 4.78 is 5.52. The van der Waals surface area contributed by atoms with Crippen LogP contribution in [-0.2, 0) is 0 Å². The van der Waals surface area contributed by atoms with E-state index in [9.17, 15) is 0 Å². The number of hydrogen-bond donors (Lipinski definition) is 2. The molecular formula is C14H24N2O. The van der Waals surface area contributed by atoms with Gasteiger partial charge in [-0.25, -0.2) is 0 Å². The Hall–Kier alpha value is -1.06. The Kier molecular flexibility index (Phi) is 6.01. The normalized spacial score (nSPS) is 12.8. The molecule has 3 heteroatoms. The third-order valence-corrected chi connectivity index (χ3v) is 3.23. The van der Waals surface area contributed by atoms with Gasteiger partial charge in [-0.1, -0.05) is 38.8 Å². The van der Waals surface area contributed by atoms with Crippen molar-refractivity contribution in [3.8, 4) is 5.75 Å². The summed E-state index contributed by atoms with van der Waals surface area (Å²) in [4.78, 5) is 0. The second kappa shape index (κ2) is 7.30. The van der Waals surface area contributed by atoms with Crippen LogP contribution in [0.3, 0.4) is 0 Å². The van der Waals surface area contributed by atoms with Gasteiger partial charge in [0.15, 0.2) is 0 Å². The Labute approximate surface area is 104 Å². The zero-order valence-corrected chi connectivity index (χ0v) is 11.1. The minimum absolute atomic E-state index is 0.199. The molecule has 1 atom stereocenters. The van der Waals surface area contributed by atoms with Crippen LogP contribution < -0.4 is 16.0 Å². The van der Waals surface area contributed by atoms with Crippen LogP contribution in [0.25, 0.3) is 0 Å². The molecule has 0 fully saturated rings. The van der Waals surface area contributed by atoms with Crippen molar-refractivity contribution in [1.29, 1.82) is 0 Å². The van der Waals surface area contributed by atoms with Gasteiger partial charge < -0.3 is 4.74 Å². The van der Waals surface area contributed by atoms with Crippen LogP contribution >= 0.6 is 0 Å². The maximum Gasteiger partial charge on any atom is 0.119 e. The summed E-state index contributed by atoms with van der Waals surface area (Å²) in [6, 6.07) is 8.38. The van der Waals surface area contributed by atoms with Crippen LogP contribution in [0.2, 0.25) is 0 Å². The summed E-state index contributed by atoms with van der Waals surface area (Å²) >= 11 is 0. The zero-order valence-electron chi connectivity index (χ0n) is 11.1. The van der Waals surface area contributed by atoms with Gasteiger partial charge in [-0.3, -0.25) is 11.3 Å². The first-order valence-electron chi connectivity index (χ1n) is 6.45. The number of nitrogens with one attached hydrogen (secondary N) is 1. The van der Waals surface area contributed by atoms with E-state index in [1.165, 1.54) is 5.56 Å². The van der Waals surface area contributed by atoms with E-state index in [0.717, 1.165) is 18.6 Å². The predicted molar refractivity (Wildman–Crippen MR) is 71.7 cm³/mol. The van der Waals surface area contributed by atoms with Crippen molar-refractivity contribution >= 4 is 0 Å². The van der Waals surface area contributed by atoms with Crippen molar-refractivity contribution in [3.63, 3.8) is 0 Å². The zero-order chi connectivity index (χ0) is 12.7. The molecule has 0 aliphatic heterocycles. The molecule has 0 amide bonds. The maximum atomic E-state index is 5.69. The number of ether oxygens (including phenoxy) is 1. The Balaban J connectivity index is 2.90. The first-order valence-corrected chi connectivity index (χ1v) is 6.45. The Morgan fingerprint density at radius 2 is 1.94 bits per heavy atom. The first kappa shape index (κ1) is 14.0. The number of nitrogens with two attached hydrogens (primary N) is 1. The Bertz CT molecular complexity index is 324. The van der Waals surface area contributed by atoms with Crippen molar-refractivity contribution in [3.05, 3.63) is 29.8 Å². The van der Waals surface area contributed by atoms with Gasteiger partial charge in [0.25, 0.3) is 0 Å². The number of benzene rings is 1. The van der Waals surface area contributed by atoms with Gasteiger partial charge >= 0.3 is 0 Å². The molecule has 0 bridgehead atoms. The fourth-order valence-corrected chi connectivity index (χ4v) is 2.23. The largest absolute Gasteiger partial charge is 0.494 e. The lowest BCUT2D eigenvalue weighted by Gasteiger charge is -2.25. The van der Waals surface area contributed by atoms with Crippen LogP contribution in [0.15, 0.2) is 24.3 Å². The molecule has 1 rings (SSSR count). The Morgan fingerprint density at radius 1 is 1.24 bits per heavy atom. The molecule has 0 spiro atoms. The van der Waals surface area contributed by atoms with E-state index >= 15 is 0 Å². The smallest absolute Gasteiger partial charge is 0.119 e. The van der Waals surface area contributed by atoms with Gasteiger partial charge in [0.05, 0.1) is 6.61 Å². The van der Waals surface area contributed by atoms with Crippen molar-refractivity contribution in [2.45, 2.75) is 39.7 Å². The molecule has 0 aromatic heterocycles. The van der Waals surface area contributed by atoms with E-state index in [1.807, 2.05) is 19.1 Å². The molecule has 0 saturated heterocycles. The van der Waals surface area contributed by atoms with Crippen LogP contribution in [0.5, 0.6) is 5.75 Å². The molecule has 3 nitrogen and oxygen atoms in total. The molecular weight excluding hydrogens is 212 g/mol. The standard InChI is InChI=1S/C14H24N2O/c1-4-11(5-2)14(16-15)12-8-7-9-13(10-12)17-6-3/h7-11,14,16H,4-6,15H2,1-3H3. The average Bonchev–Trinajstić information content (AvgIpc) is 2.36. The van der Waals surface area contributed by atoms with E-state index in [2.05, 4.69) is 31.4 Å². The predicted octanol–water partition coefficient (Wildman–Crippen LogP) is 3.03. The molecule has 17 heavy (non-hydrogen) atoms. The molecule has 0 aliphatic rings. The van der Waals surface area contributed by atoms with Crippen molar-refractivity contribution in [2.24, 2.45) is 11.8 Å². The van der Waals surface area contributed by atoms with Crippen molar-refractivity contribution in [2.75, 3.05) is 6.61 Å². The first-order chi connectivity index (χ1) is 8.26. The second-order valence-electron chi connectivity index (χ2n) is 4.23. The van der Waals surface area contributed by atoms with Crippen LogP contribution in [0, 0.1) is 5.92 Å². The lowest BCUT2D eigenvalue weighted by atomic mass is 9.89. The SMILES string of the molecule is CCOc1cccc(C(NN)C(CC)CC)c1. The van der Waals surface area contributed by atoms with Gasteiger partial charge in [-0.2, -0.15) is 0 Å². The third kappa shape index (κ3) is 3.72. The highest BCUT2D eigenvalue weighted by Crippen LogP contribution is 2.28. The van der Waals surface area contributed by atoms with E-state index in [-0.39, 0.29) is 6.04 Å². The molecule has 96 valence electrons. The number of hydrogen-bond acceptors (Lipinski definition) is 3. The monoisotopic (exact) mass is 236 g/mol. The minimum Gasteiger partial charge on any atom is -0.494 e. The van der Waals surface area contributed by atoms with E-state index < -0.39 is 0 Å². The number of hydrazine groups is 1. The minimum atomic E-state index is 0.199.